The molecule has 0 bridgehead atoms. The van der Waals surface area contributed by atoms with Gasteiger partial charge in [0.1, 0.15) is 5.75 Å². The molecule has 1 heterocycles. The average molecular weight is 449 g/mol. The summed E-state index contributed by atoms with van der Waals surface area (Å²) in [6.07, 6.45) is 1.03. The Morgan fingerprint density at radius 1 is 1.20 bits per heavy atom. The van der Waals surface area contributed by atoms with E-state index in [-0.39, 0.29) is 6.42 Å². The molecule has 0 aliphatic carbocycles. The number of rotatable bonds is 8. The zero-order chi connectivity index (χ0) is 21.8. The highest BCUT2D eigenvalue weighted by molar-refractivity contribution is 6.35. The van der Waals surface area contributed by atoms with Crippen molar-refractivity contribution in [2.75, 3.05) is 31.3 Å². The number of hydrogen-bond acceptors (Lipinski definition) is 6. The fourth-order valence-corrected chi connectivity index (χ4v) is 3.73. The van der Waals surface area contributed by atoms with Crippen LogP contribution in [0.15, 0.2) is 30.3 Å². The van der Waals surface area contributed by atoms with Gasteiger partial charge < -0.3 is 20.5 Å². The number of hydrogen-bond donors (Lipinski definition) is 2. The Morgan fingerprint density at radius 2 is 1.97 bits per heavy atom. The molecule has 3 rings (SSSR count). The second kappa shape index (κ2) is 9.36. The van der Waals surface area contributed by atoms with E-state index in [4.69, 9.17) is 38.8 Å². The van der Waals surface area contributed by atoms with Crippen LogP contribution in [-0.4, -0.2) is 42.0 Å². The third kappa shape index (κ3) is 4.68. The minimum Gasteiger partial charge on any atom is -0.495 e. The minimum absolute atomic E-state index is 0.0833. The fraction of sp³-hybridized carbons (Fsp3) is 0.286. The number of nitrogen functional groups attached to an aromatic ring is 1. The van der Waals surface area contributed by atoms with Crippen LogP contribution in [-0.2, 0) is 11.2 Å². The molecule has 0 fully saturated rings. The third-order valence-corrected chi connectivity index (χ3v) is 5.45. The maximum Gasteiger partial charge on any atom is 0.303 e. The van der Waals surface area contributed by atoms with E-state index in [9.17, 15) is 4.79 Å². The Morgan fingerprint density at radius 3 is 2.63 bits per heavy atom. The molecule has 30 heavy (non-hydrogen) atoms. The molecule has 1 aromatic heterocycles. The molecule has 0 radical (unpaired) electrons. The van der Waals surface area contributed by atoms with Crippen LogP contribution in [0.25, 0.3) is 10.8 Å². The summed E-state index contributed by atoms with van der Waals surface area (Å²) in [6, 6.07) is 9.11. The van der Waals surface area contributed by atoms with E-state index in [2.05, 4.69) is 10.2 Å². The second-order valence-corrected chi connectivity index (χ2v) is 7.73. The van der Waals surface area contributed by atoms with Crippen LogP contribution in [0.2, 0.25) is 10.0 Å². The van der Waals surface area contributed by atoms with Crippen molar-refractivity contribution >= 4 is 51.4 Å². The Hall–Kier alpha value is -2.77. The first-order valence-electron chi connectivity index (χ1n) is 9.30. The van der Waals surface area contributed by atoms with Gasteiger partial charge in [0.25, 0.3) is 0 Å². The van der Waals surface area contributed by atoms with Gasteiger partial charge in [-0.25, -0.2) is 0 Å². The molecule has 3 N–H and O–H groups in total. The van der Waals surface area contributed by atoms with Crippen molar-refractivity contribution in [2.24, 2.45) is 0 Å². The van der Waals surface area contributed by atoms with Gasteiger partial charge in [0, 0.05) is 37.2 Å². The predicted octanol–water partition coefficient (Wildman–Crippen LogP) is 4.42. The molecule has 2 aromatic carbocycles. The van der Waals surface area contributed by atoms with Gasteiger partial charge in [0.15, 0.2) is 5.82 Å². The van der Waals surface area contributed by atoms with E-state index in [1.807, 2.05) is 30.1 Å². The summed E-state index contributed by atoms with van der Waals surface area (Å²) in [5.74, 6) is 0.386. The average Bonchev–Trinajstić information content (AvgIpc) is 2.70. The molecule has 0 saturated heterocycles. The van der Waals surface area contributed by atoms with Gasteiger partial charge in [-0.05, 0) is 36.2 Å². The van der Waals surface area contributed by atoms with Gasteiger partial charge in [0.2, 0.25) is 0 Å². The second-order valence-electron chi connectivity index (χ2n) is 6.92. The molecule has 0 unspecified atom stereocenters. The normalized spacial score (nSPS) is 10.9. The molecule has 0 spiro atoms. The van der Waals surface area contributed by atoms with Gasteiger partial charge in [0.05, 0.1) is 28.5 Å². The summed E-state index contributed by atoms with van der Waals surface area (Å²) in [7, 11) is 3.41. The molecule has 3 aromatic rings. The molecule has 158 valence electrons. The lowest BCUT2D eigenvalue weighted by molar-refractivity contribution is -0.137. The van der Waals surface area contributed by atoms with Crippen LogP contribution in [0.4, 0.5) is 11.5 Å². The van der Waals surface area contributed by atoms with Crippen LogP contribution < -0.4 is 15.4 Å². The fourth-order valence-electron chi connectivity index (χ4n) is 3.30. The molecule has 0 amide bonds. The van der Waals surface area contributed by atoms with E-state index < -0.39 is 5.97 Å². The van der Waals surface area contributed by atoms with E-state index in [1.165, 1.54) is 0 Å². The number of aromatic nitrogens is 2. The van der Waals surface area contributed by atoms with Crippen LogP contribution in [0.1, 0.15) is 24.1 Å². The maximum absolute atomic E-state index is 10.8. The highest BCUT2D eigenvalue weighted by atomic mass is 35.5. The number of nitrogens with two attached hydrogens (primary N) is 1. The first-order valence-corrected chi connectivity index (χ1v) is 10.1. The molecule has 0 aliphatic rings. The number of carboxylic acid groups (broad SMARTS) is 1. The summed E-state index contributed by atoms with van der Waals surface area (Å²) >= 11 is 12.5. The monoisotopic (exact) mass is 448 g/mol. The molecule has 0 atom stereocenters. The Balaban J connectivity index is 2.01. The molecule has 9 heteroatoms. The van der Waals surface area contributed by atoms with Crippen LogP contribution in [0, 0.1) is 0 Å². The number of ether oxygens (including phenoxy) is 1. The summed E-state index contributed by atoms with van der Waals surface area (Å²) < 4.78 is 5.20. The van der Waals surface area contributed by atoms with Crippen molar-refractivity contribution in [3.05, 3.63) is 51.6 Å². The standard InChI is InChI=1S/C21H22Cl2N4O3/c1-27(9-3-4-18(28)29)21-13-6-7-14(22)20(24)19(13)16(25-26-21)11-12-5-8-17(30-2)15(23)10-12/h5-8,10H,3-4,9,11,24H2,1-2H3,(H,28,29). The number of anilines is 2. The highest BCUT2D eigenvalue weighted by Crippen LogP contribution is 2.35. The van der Waals surface area contributed by atoms with Gasteiger partial charge in [-0.3, -0.25) is 4.79 Å². The topological polar surface area (TPSA) is 102 Å². The first-order chi connectivity index (χ1) is 14.3. The Kier molecular flexibility index (Phi) is 6.84. The zero-order valence-electron chi connectivity index (χ0n) is 16.7. The first kappa shape index (κ1) is 21.9. The van der Waals surface area contributed by atoms with Gasteiger partial charge in [-0.2, -0.15) is 5.10 Å². The lowest BCUT2D eigenvalue weighted by Crippen LogP contribution is -2.21. The van der Waals surface area contributed by atoms with Crippen molar-refractivity contribution in [3.63, 3.8) is 0 Å². The lowest BCUT2D eigenvalue weighted by atomic mass is 10.0. The van der Waals surface area contributed by atoms with Gasteiger partial charge in [-0.15, -0.1) is 5.10 Å². The molecular formula is C21H22Cl2N4O3. The number of carbonyl (C=O) groups is 1. The van der Waals surface area contributed by atoms with Crippen molar-refractivity contribution in [1.29, 1.82) is 0 Å². The van der Waals surface area contributed by atoms with Gasteiger partial charge >= 0.3 is 5.97 Å². The summed E-state index contributed by atoms with van der Waals surface area (Å²) in [6.45, 7) is 0.520. The van der Waals surface area contributed by atoms with Crippen LogP contribution in [0.5, 0.6) is 5.75 Å². The van der Waals surface area contributed by atoms with Crippen molar-refractivity contribution in [2.45, 2.75) is 19.3 Å². The summed E-state index contributed by atoms with van der Waals surface area (Å²) in [4.78, 5) is 12.7. The number of aliphatic carboxylic acids is 1. The van der Waals surface area contributed by atoms with E-state index in [0.29, 0.717) is 52.4 Å². The van der Waals surface area contributed by atoms with E-state index in [0.717, 1.165) is 16.3 Å². The summed E-state index contributed by atoms with van der Waals surface area (Å²) in [5, 5.41) is 20.2. The zero-order valence-corrected chi connectivity index (χ0v) is 18.2. The number of halogens is 2. The number of fused-ring (bicyclic) bond motifs is 1. The van der Waals surface area contributed by atoms with Gasteiger partial charge in [-0.1, -0.05) is 29.3 Å². The number of methoxy groups -OCH3 is 1. The quantitative estimate of drug-likeness (QED) is 0.491. The Bertz CT molecular complexity index is 1090. The molecule has 0 saturated carbocycles. The minimum atomic E-state index is -0.830. The van der Waals surface area contributed by atoms with Crippen LogP contribution in [0.3, 0.4) is 0 Å². The van der Waals surface area contributed by atoms with Crippen molar-refractivity contribution < 1.29 is 14.6 Å². The number of nitrogens with zero attached hydrogens (tertiary/aromatic N) is 3. The molecule has 7 nitrogen and oxygen atoms in total. The third-order valence-electron chi connectivity index (χ3n) is 4.82. The smallest absolute Gasteiger partial charge is 0.303 e. The Labute approximate surface area is 184 Å². The highest BCUT2D eigenvalue weighted by Gasteiger charge is 2.17. The largest absolute Gasteiger partial charge is 0.495 e. The van der Waals surface area contributed by atoms with E-state index >= 15 is 0 Å². The van der Waals surface area contributed by atoms with Crippen LogP contribution >= 0.6 is 23.2 Å². The van der Waals surface area contributed by atoms with Crippen molar-refractivity contribution in [1.82, 2.24) is 10.2 Å². The lowest BCUT2D eigenvalue weighted by Gasteiger charge is -2.21. The molecule has 0 aliphatic heterocycles. The number of carboxylic acids is 1. The number of benzene rings is 2. The predicted molar refractivity (Wildman–Crippen MR) is 120 cm³/mol. The molecular weight excluding hydrogens is 427 g/mol. The van der Waals surface area contributed by atoms with Crippen molar-refractivity contribution in [3.8, 4) is 5.75 Å². The van der Waals surface area contributed by atoms with E-state index in [1.54, 1.807) is 19.2 Å². The maximum atomic E-state index is 10.8. The SMILES string of the molecule is COc1ccc(Cc2nnc(N(C)CCCC(=O)O)c3ccc(Cl)c(N)c23)cc1Cl. The summed E-state index contributed by atoms with van der Waals surface area (Å²) in [5.41, 5.74) is 8.35.